The molecule has 33 heavy (non-hydrogen) atoms. The molecular weight excluding hydrogens is 416 g/mol. The molecule has 5 rings (SSSR count). The van der Waals surface area contributed by atoms with E-state index in [0.717, 1.165) is 17.7 Å². The van der Waals surface area contributed by atoms with Crippen LogP contribution in [0.25, 0.3) is 0 Å². The predicted octanol–water partition coefficient (Wildman–Crippen LogP) is 3.16. The standard InChI is InChI=1S/C26H24N4O3/c31-24(28-16-20-6-3-4-14-27-20)19-12-10-18(11-13-19)17-30-22-8-2-1-7-21(22)25(32)29-15-5-9-23(29)26(30)33/h1-4,6-8,10-14,23H,5,9,15-17H2,(H,28,31)/t23-/m1/s1. The fourth-order valence-corrected chi connectivity index (χ4v) is 4.49. The number of rotatable bonds is 5. The van der Waals surface area contributed by atoms with Gasteiger partial charge in [0, 0.05) is 18.3 Å². The Morgan fingerprint density at radius 1 is 1.00 bits per heavy atom. The second-order valence-corrected chi connectivity index (χ2v) is 8.30. The van der Waals surface area contributed by atoms with Crippen LogP contribution in [0, 0.1) is 0 Å². The van der Waals surface area contributed by atoms with Gasteiger partial charge in [-0.3, -0.25) is 19.4 Å². The molecule has 7 nitrogen and oxygen atoms in total. The molecule has 2 aromatic carbocycles. The fraction of sp³-hybridized carbons (Fsp3) is 0.231. The number of fused-ring (bicyclic) bond motifs is 2. The van der Waals surface area contributed by atoms with Crippen LogP contribution in [-0.4, -0.2) is 40.2 Å². The van der Waals surface area contributed by atoms with Crippen LogP contribution in [0.3, 0.4) is 0 Å². The summed E-state index contributed by atoms with van der Waals surface area (Å²) in [5, 5.41) is 2.87. The SMILES string of the molecule is O=C(NCc1ccccn1)c1ccc(CN2C(=O)[C@H]3CCCN3C(=O)c3ccccc32)cc1. The summed E-state index contributed by atoms with van der Waals surface area (Å²) in [5.74, 6) is -0.317. The van der Waals surface area contributed by atoms with Crippen molar-refractivity contribution >= 4 is 23.4 Å². The second kappa shape index (κ2) is 8.86. The number of nitrogens with one attached hydrogen (secondary N) is 1. The number of pyridine rings is 1. The molecule has 166 valence electrons. The third-order valence-corrected chi connectivity index (χ3v) is 6.20. The third-order valence-electron chi connectivity index (χ3n) is 6.20. The van der Waals surface area contributed by atoms with Gasteiger partial charge in [0.25, 0.3) is 11.8 Å². The summed E-state index contributed by atoms with van der Waals surface area (Å²) >= 11 is 0. The summed E-state index contributed by atoms with van der Waals surface area (Å²) in [6.07, 6.45) is 3.21. The van der Waals surface area contributed by atoms with Gasteiger partial charge >= 0.3 is 0 Å². The Hall–Kier alpha value is -4.00. The topological polar surface area (TPSA) is 82.6 Å². The van der Waals surface area contributed by atoms with Gasteiger partial charge in [-0.2, -0.15) is 0 Å². The van der Waals surface area contributed by atoms with Gasteiger partial charge in [0.1, 0.15) is 6.04 Å². The molecule has 0 spiro atoms. The van der Waals surface area contributed by atoms with E-state index >= 15 is 0 Å². The molecule has 0 radical (unpaired) electrons. The van der Waals surface area contributed by atoms with Gasteiger partial charge in [0.2, 0.25) is 5.91 Å². The van der Waals surface area contributed by atoms with Crippen molar-refractivity contribution in [2.75, 3.05) is 11.4 Å². The molecule has 3 amide bonds. The Bertz CT molecular complexity index is 1190. The first-order valence-electron chi connectivity index (χ1n) is 11.1. The quantitative estimate of drug-likeness (QED) is 0.661. The van der Waals surface area contributed by atoms with E-state index in [4.69, 9.17) is 0 Å². The van der Waals surface area contributed by atoms with Crippen LogP contribution in [0.5, 0.6) is 0 Å². The van der Waals surface area contributed by atoms with E-state index in [1.165, 1.54) is 0 Å². The molecular formula is C26H24N4O3. The number of hydrogen-bond donors (Lipinski definition) is 1. The highest BCUT2D eigenvalue weighted by Crippen LogP contribution is 2.33. The van der Waals surface area contributed by atoms with Gasteiger partial charge < -0.3 is 15.1 Å². The lowest BCUT2D eigenvalue weighted by Gasteiger charge is -2.26. The van der Waals surface area contributed by atoms with Gasteiger partial charge in [-0.15, -0.1) is 0 Å². The van der Waals surface area contributed by atoms with Gasteiger partial charge in [0.05, 0.1) is 30.0 Å². The third kappa shape index (κ3) is 4.09. The number of carbonyl (C=O) groups is 3. The van der Waals surface area contributed by atoms with Crippen molar-refractivity contribution < 1.29 is 14.4 Å². The summed E-state index contributed by atoms with van der Waals surface area (Å²) in [6.45, 7) is 1.30. The summed E-state index contributed by atoms with van der Waals surface area (Å²) in [5.41, 5.74) is 3.41. The number of aromatic nitrogens is 1. The molecule has 3 heterocycles. The maximum atomic E-state index is 13.4. The van der Waals surface area contributed by atoms with Crippen LogP contribution in [0.4, 0.5) is 5.69 Å². The number of anilines is 1. The predicted molar refractivity (Wildman–Crippen MR) is 124 cm³/mol. The molecule has 2 aliphatic rings. The highest BCUT2D eigenvalue weighted by molar-refractivity contribution is 6.11. The van der Waals surface area contributed by atoms with E-state index in [9.17, 15) is 14.4 Å². The van der Waals surface area contributed by atoms with Crippen LogP contribution in [0.15, 0.2) is 72.9 Å². The first-order valence-corrected chi connectivity index (χ1v) is 11.1. The lowest BCUT2D eigenvalue weighted by molar-refractivity contribution is -0.122. The van der Waals surface area contributed by atoms with Crippen molar-refractivity contribution in [1.29, 1.82) is 0 Å². The number of amides is 3. The molecule has 0 saturated carbocycles. The van der Waals surface area contributed by atoms with E-state index in [1.807, 2.05) is 48.5 Å². The summed E-state index contributed by atoms with van der Waals surface area (Å²) in [7, 11) is 0. The minimum Gasteiger partial charge on any atom is -0.346 e. The van der Waals surface area contributed by atoms with Crippen LogP contribution in [0.2, 0.25) is 0 Å². The molecule has 1 aromatic heterocycles. The smallest absolute Gasteiger partial charge is 0.256 e. The van der Waals surface area contributed by atoms with Gasteiger partial charge in [-0.1, -0.05) is 30.3 Å². The highest BCUT2D eigenvalue weighted by atomic mass is 16.2. The van der Waals surface area contributed by atoms with Crippen LogP contribution < -0.4 is 10.2 Å². The summed E-state index contributed by atoms with van der Waals surface area (Å²) in [6, 6.07) is 19.6. The second-order valence-electron chi connectivity index (χ2n) is 8.30. The molecule has 1 N–H and O–H groups in total. The minimum absolute atomic E-state index is 0.0528. The molecule has 0 aliphatic carbocycles. The number of carbonyl (C=O) groups excluding carboxylic acids is 3. The van der Waals surface area contributed by atoms with Gasteiger partial charge in [-0.05, 0) is 54.8 Å². The Morgan fingerprint density at radius 2 is 1.79 bits per heavy atom. The average Bonchev–Trinajstić information content (AvgIpc) is 3.33. The van der Waals surface area contributed by atoms with Crippen LogP contribution in [0.1, 0.15) is 44.8 Å². The number of hydrogen-bond acceptors (Lipinski definition) is 4. The number of nitrogens with zero attached hydrogens (tertiary/aromatic N) is 3. The molecule has 3 aromatic rings. The van der Waals surface area contributed by atoms with E-state index in [0.29, 0.717) is 42.9 Å². The Kier molecular flexibility index (Phi) is 5.60. The largest absolute Gasteiger partial charge is 0.346 e. The monoisotopic (exact) mass is 440 g/mol. The van der Waals surface area contributed by atoms with Crippen LogP contribution >= 0.6 is 0 Å². The van der Waals surface area contributed by atoms with E-state index in [2.05, 4.69) is 10.3 Å². The zero-order chi connectivity index (χ0) is 22.8. The Morgan fingerprint density at radius 3 is 2.58 bits per heavy atom. The maximum absolute atomic E-state index is 13.4. The first-order chi connectivity index (χ1) is 16.1. The van der Waals surface area contributed by atoms with Crippen molar-refractivity contribution in [2.45, 2.75) is 32.0 Å². The van der Waals surface area contributed by atoms with Crippen molar-refractivity contribution in [2.24, 2.45) is 0 Å². The van der Waals surface area contributed by atoms with E-state index in [1.54, 1.807) is 34.2 Å². The molecule has 2 aliphatic heterocycles. The van der Waals surface area contributed by atoms with Gasteiger partial charge in [-0.25, -0.2) is 0 Å². The zero-order valence-corrected chi connectivity index (χ0v) is 18.1. The summed E-state index contributed by atoms with van der Waals surface area (Å²) < 4.78 is 0. The molecule has 0 unspecified atom stereocenters. The fourth-order valence-electron chi connectivity index (χ4n) is 4.49. The minimum atomic E-state index is -0.415. The van der Waals surface area contributed by atoms with Crippen molar-refractivity contribution in [3.05, 3.63) is 95.3 Å². The highest BCUT2D eigenvalue weighted by Gasteiger charge is 2.41. The van der Waals surface area contributed by atoms with Crippen molar-refractivity contribution in [3.8, 4) is 0 Å². The lowest BCUT2D eigenvalue weighted by Crippen LogP contribution is -2.44. The molecule has 7 heteroatoms. The summed E-state index contributed by atoms with van der Waals surface area (Å²) in [4.78, 5) is 46.6. The first kappa shape index (κ1) is 20.9. The number of para-hydroxylation sites is 1. The molecule has 1 fully saturated rings. The van der Waals surface area contributed by atoms with Gasteiger partial charge in [0.15, 0.2) is 0 Å². The number of benzene rings is 2. The van der Waals surface area contributed by atoms with Crippen LogP contribution in [-0.2, 0) is 17.9 Å². The molecule has 1 atom stereocenters. The Labute approximate surface area is 192 Å². The zero-order valence-electron chi connectivity index (χ0n) is 18.1. The molecule has 0 bridgehead atoms. The molecule has 1 saturated heterocycles. The normalized spacial score (nSPS) is 17.4. The Balaban J connectivity index is 1.34. The van der Waals surface area contributed by atoms with Crippen molar-refractivity contribution in [1.82, 2.24) is 15.2 Å². The van der Waals surface area contributed by atoms with E-state index < -0.39 is 6.04 Å². The lowest BCUT2D eigenvalue weighted by atomic mass is 10.1. The van der Waals surface area contributed by atoms with E-state index in [-0.39, 0.29) is 17.7 Å². The van der Waals surface area contributed by atoms with Crippen molar-refractivity contribution in [3.63, 3.8) is 0 Å². The maximum Gasteiger partial charge on any atom is 0.256 e. The average molecular weight is 441 g/mol.